The lowest BCUT2D eigenvalue weighted by atomic mass is 10.2. The summed E-state index contributed by atoms with van der Waals surface area (Å²) < 4.78 is 25.8. The Balaban J connectivity index is 2.56. The average molecular weight is 296 g/mol. The Morgan fingerprint density at radius 3 is 2.35 bits per heavy atom. The Morgan fingerprint density at radius 2 is 1.80 bits per heavy atom. The third kappa shape index (κ3) is 5.44. The molecule has 5 nitrogen and oxygen atoms in total. The van der Waals surface area contributed by atoms with Crippen LogP contribution in [-0.2, 0) is 10.0 Å². The van der Waals surface area contributed by atoms with Gasteiger partial charge in [0.1, 0.15) is 0 Å². The minimum atomic E-state index is -3.81. The maximum absolute atomic E-state index is 11.9. The zero-order valence-corrected chi connectivity index (χ0v) is 12.8. The van der Waals surface area contributed by atoms with E-state index < -0.39 is 16.1 Å². The maximum atomic E-state index is 11.9. The molecule has 0 aromatic heterocycles. The van der Waals surface area contributed by atoms with E-state index in [4.69, 9.17) is 0 Å². The Morgan fingerprint density at radius 1 is 1.20 bits per heavy atom. The number of sulfonamides is 1. The van der Waals surface area contributed by atoms with E-state index in [1.165, 1.54) is 12.1 Å². The van der Waals surface area contributed by atoms with Crippen molar-refractivity contribution in [2.24, 2.45) is 0 Å². The molecule has 0 saturated heterocycles. The van der Waals surface area contributed by atoms with Crippen LogP contribution in [0.25, 0.3) is 0 Å². The first-order chi connectivity index (χ1) is 9.31. The van der Waals surface area contributed by atoms with Gasteiger partial charge in [0.15, 0.2) is 0 Å². The molecule has 0 aliphatic rings. The molecule has 2 amide bonds. The summed E-state index contributed by atoms with van der Waals surface area (Å²) in [6.07, 6.45) is 2.63. The summed E-state index contributed by atoms with van der Waals surface area (Å²) in [5.41, 5.74) is 2.11. The lowest BCUT2D eigenvalue weighted by Crippen LogP contribution is -2.39. The van der Waals surface area contributed by atoms with Crippen molar-refractivity contribution in [1.82, 2.24) is 10.0 Å². The van der Waals surface area contributed by atoms with Crippen LogP contribution in [0.5, 0.6) is 0 Å². The molecule has 6 heteroatoms. The van der Waals surface area contributed by atoms with Crippen LogP contribution in [0.1, 0.15) is 25.8 Å². The number of aryl methyl sites for hydroxylation is 1. The highest BCUT2D eigenvalue weighted by Crippen LogP contribution is 2.09. The molecule has 0 spiro atoms. The topological polar surface area (TPSA) is 75.3 Å². The van der Waals surface area contributed by atoms with Gasteiger partial charge >= 0.3 is 6.03 Å². The smallest absolute Gasteiger partial charge is 0.328 e. The number of carbonyl (C=O) groups excluding carboxylic acids is 1. The average Bonchev–Trinajstić information content (AvgIpc) is 2.34. The van der Waals surface area contributed by atoms with Crippen LogP contribution in [0.15, 0.2) is 40.8 Å². The van der Waals surface area contributed by atoms with Gasteiger partial charge in [-0.15, -0.1) is 0 Å². The molecule has 0 heterocycles. The molecule has 0 saturated carbocycles. The number of rotatable bonds is 5. The number of urea groups is 1. The molecule has 0 aliphatic carbocycles. The summed E-state index contributed by atoms with van der Waals surface area (Å²) in [4.78, 5) is 11.6. The molecule has 0 bridgehead atoms. The zero-order valence-electron chi connectivity index (χ0n) is 11.9. The second-order valence-corrected chi connectivity index (χ2v) is 6.43. The fourth-order valence-electron chi connectivity index (χ4n) is 1.48. The fraction of sp³-hybridized carbons (Fsp3) is 0.357. The zero-order chi connectivity index (χ0) is 15.2. The molecule has 0 atom stereocenters. The van der Waals surface area contributed by atoms with E-state index >= 15 is 0 Å². The van der Waals surface area contributed by atoms with Gasteiger partial charge in [0.2, 0.25) is 0 Å². The molecule has 1 rings (SSSR count). The van der Waals surface area contributed by atoms with Crippen LogP contribution in [0.4, 0.5) is 4.79 Å². The molecule has 0 unspecified atom stereocenters. The molecule has 110 valence electrons. The highest BCUT2D eigenvalue weighted by atomic mass is 32.2. The number of hydrogen-bond donors (Lipinski definition) is 2. The second-order valence-electron chi connectivity index (χ2n) is 4.74. The number of amides is 2. The molecule has 0 aliphatic heterocycles. The first kappa shape index (κ1) is 16.2. The van der Waals surface area contributed by atoms with Gasteiger partial charge in [-0.2, -0.15) is 0 Å². The standard InChI is InChI=1S/C14H20N2O3S/c1-11(2)5-4-10-15-14(17)16-20(18,19)13-8-6-12(3)7-9-13/h5-9H,4,10H2,1-3H3,(H2,15,16,17). The summed E-state index contributed by atoms with van der Waals surface area (Å²) in [6, 6.07) is 5.58. The molecule has 20 heavy (non-hydrogen) atoms. The normalized spacial score (nSPS) is 10.8. The molecule has 0 radical (unpaired) electrons. The minimum absolute atomic E-state index is 0.0718. The second kappa shape index (κ2) is 7.09. The summed E-state index contributed by atoms with van der Waals surface area (Å²) in [5, 5.41) is 2.50. The van der Waals surface area contributed by atoms with E-state index in [2.05, 4.69) is 5.32 Å². The maximum Gasteiger partial charge on any atom is 0.328 e. The van der Waals surface area contributed by atoms with Gasteiger partial charge in [0, 0.05) is 6.54 Å². The van der Waals surface area contributed by atoms with Crippen molar-refractivity contribution in [2.45, 2.75) is 32.1 Å². The van der Waals surface area contributed by atoms with Crippen molar-refractivity contribution in [3.63, 3.8) is 0 Å². The van der Waals surface area contributed by atoms with Crippen molar-refractivity contribution in [1.29, 1.82) is 0 Å². The highest BCUT2D eigenvalue weighted by Gasteiger charge is 2.16. The van der Waals surface area contributed by atoms with Crippen LogP contribution in [0.3, 0.4) is 0 Å². The van der Waals surface area contributed by atoms with Gasteiger partial charge in [0.05, 0.1) is 4.90 Å². The van der Waals surface area contributed by atoms with E-state index in [0.717, 1.165) is 11.1 Å². The molecule has 2 N–H and O–H groups in total. The third-order valence-corrected chi connectivity index (χ3v) is 3.89. The van der Waals surface area contributed by atoms with E-state index in [9.17, 15) is 13.2 Å². The molecular formula is C14H20N2O3S. The van der Waals surface area contributed by atoms with Crippen LogP contribution < -0.4 is 10.0 Å². The van der Waals surface area contributed by atoms with Gasteiger partial charge in [-0.1, -0.05) is 29.3 Å². The van der Waals surface area contributed by atoms with Crippen molar-refractivity contribution >= 4 is 16.1 Å². The van der Waals surface area contributed by atoms with E-state index in [-0.39, 0.29) is 4.90 Å². The predicted molar refractivity (Wildman–Crippen MR) is 78.9 cm³/mol. The van der Waals surface area contributed by atoms with Crippen LogP contribution >= 0.6 is 0 Å². The largest absolute Gasteiger partial charge is 0.337 e. The number of carbonyl (C=O) groups is 1. The minimum Gasteiger partial charge on any atom is -0.337 e. The number of benzene rings is 1. The molecule has 0 fully saturated rings. The fourth-order valence-corrected chi connectivity index (χ4v) is 2.41. The molecule has 1 aromatic carbocycles. The Labute approximate surface area is 120 Å². The molecule has 1 aromatic rings. The Hall–Kier alpha value is -1.82. The highest BCUT2D eigenvalue weighted by molar-refractivity contribution is 7.90. The van der Waals surface area contributed by atoms with Gasteiger partial charge in [0.25, 0.3) is 10.0 Å². The summed E-state index contributed by atoms with van der Waals surface area (Å²) in [5.74, 6) is 0. The lowest BCUT2D eigenvalue weighted by Gasteiger charge is -2.08. The van der Waals surface area contributed by atoms with Crippen molar-refractivity contribution in [3.05, 3.63) is 41.5 Å². The van der Waals surface area contributed by atoms with Crippen LogP contribution in [0.2, 0.25) is 0 Å². The van der Waals surface area contributed by atoms with E-state index in [1.807, 2.05) is 31.6 Å². The Bertz CT molecular complexity index is 585. The summed E-state index contributed by atoms with van der Waals surface area (Å²) >= 11 is 0. The van der Waals surface area contributed by atoms with Gasteiger partial charge in [-0.3, -0.25) is 0 Å². The SMILES string of the molecule is CC(C)=CCCNC(=O)NS(=O)(=O)c1ccc(C)cc1. The first-order valence-electron chi connectivity index (χ1n) is 6.32. The quantitative estimate of drug-likeness (QED) is 0.647. The lowest BCUT2D eigenvalue weighted by molar-refractivity contribution is 0.246. The van der Waals surface area contributed by atoms with Gasteiger partial charge in [-0.25, -0.2) is 17.9 Å². The Kier molecular flexibility index (Phi) is 5.76. The van der Waals surface area contributed by atoms with Gasteiger partial charge < -0.3 is 5.32 Å². The van der Waals surface area contributed by atoms with Crippen molar-refractivity contribution in [3.8, 4) is 0 Å². The van der Waals surface area contributed by atoms with E-state index in [0.29, 0.717) is 13.0 Å². The number of nitrogens with one attached hydrogen (secondary N) is 2. The number of allylic oxidation sites excluding steroid dienone is 1. The monoisotopic (exact) mass is 296 g/mol. The van der Waals surface area contributed by atoms with Crippen molar-refractivity contribution < 1.29 is 13.2 Å². The van der Waals surface area contributed by atoms with Gasteiger partial charge in [-0.05, 0) is 39.3 Å². The summed E-state index contributed by atoms with van der Waals surface area (Å²) in [6.45, 7) is 6.17. The summed E-state index contributed by atoms with van der Waals surface area (Å²) in [7, 11) is -3.81. The third-order valence-electron chi connectivity index (χ3n) is 2.54. The van der Waals surface area contributed by atoms with E-state index in [1.54, 1.807) is 12.1 Å². The van der Waals surface area contributed by atoms with Crippen LogP contribution in [-0.4, -0.2) is 21.0 Å². The predicted octanol–water partition coefficient (Wildman–Crippen LogP) is 2.34. The van der Waals surface area contributed by atoms with Crippen molar-refractivity contribution in [2.75, 3.05) is 6.54 Å². The van der Waals surface area contributed by atoms with Crippen LogP contribution in [0, 0.1) is 6.92 Å². The number of hydrogen-bond acceptors (Lipinski definition) is 3. The molecular weight excluding hydrogens is 276 g/mol. The first-order valence-corrected chi connectivity index (χ1v) is 7.80.